The summed E-state index contributed by atoms with van der Waals surface area (Å²) in [4.78, 5) is 23.8. The molecule has 3 aliphatic heterocycles. The average Bonchev–Trinajstić information content (AvgIpc) is 3.09. The highest BCUT2D eigenvalue weighted by molar-refractivity contribution is 5.79. The summed E-state index contributed by atoms with van der Waals surface area (Å²) in [5.74, 6) is -0.141. The second kappa shape index (κ2) is 6.28. The van der Waals surface area contributed by atoms with Gasteiger partial charge in [-0.1, -0.05) is 0 Å². The van der Waals surface area contributed by atoms with Gasteiger partial charge in [-0.15, -0.1) is 0 Å². The van der Waals surface area contributed by atoms with Crippen molar-refractivity contribution in [2.75, 3.05) is 19.8 Å². The first-order valence-corrected chi connectivity index (χ1v) is 9.01. The lowest BCUT2D eigenvalue weighted by Gasteiger charge is -2.46. The summed E-state index contributed by atoms with van der Waals surface area (Å²) < 4.78 is 17.5. The average molecular weight is 338 g/mol. The molecule has 0 aromatic heterocycles. The Morgan fingerprint density at radius 3 is 2.12 bits per heavy atom. The smallest absolute Gasteiger partial charge is 0.225 e. The zero-order valence-corrected chi connectivity index (χ0v) is 14.1. The Hall–Kier alpha value is -1.18. The number of amides is 2. The second-order valence-corrected chi connectivity index (χ2v) is 7.60. The van der Waals surface area contributed by atoms with Gasteiger partial charge in [-0.05, 0) is 32.1 Å². The summed E-state index contributed by atoms with van der Waals surface area (Å²) >= 11 is 0. The third-order valence-corrected chi connectivity index (χ3v) is 5.94. The molecule has 4 rings (SSSR count). The van der Waals surface area contributed by atoms with Gasteiger partial charge < -0.3 is 24.8 Å². The number of nitrogens with one attached hydrogen (secondary N) is 2. The SMILES string of the molecule is CC(=O)N[C@H]1CO[C@H]2[C@@H]1OC[C@@H]2NC(=O)C1CCC2(CCC2)OC1. The standard InChI is InChI=1S/C17H26N2O5/c1-10(20)18-12-8-22-15-13(9-23-14(12)15)19-16(21)11-3-6-17(24-7-11)4-2-5-17/h11-15H,2-9H2,1H3,(H,18,20)(H,19,21)/t11?,12-,13-,14+,15+/m0/s1. The Morgan fingerprint density at radius 2 is 1.62 bits per heavy atom. The fraction of sp³-hybridized carbons (Fsp3) is 0.882. The second-order valence-electron chi connectivity index (χ2n) is 7.60. The van der Waals surface area contributed by atoms with Crippen molar-refractivity contribution in [2.45, 2.75) is 68.9 Å². The zero-order chi connectivity index (χ0) is 16.7. The highest BCUT2D eigenvalue weighted by Crippen LogP contribution is 2.43. The molecule has 5 atom stereocenters. The predicted octanol–water partition coefficient (Wildman–Crippen LogP) is 0.123. The van der Waals surface area contributed by atoms with Crippen LogP contribution in [0.15, 0.2) is 0 Å². The predicted molar refractivity (Wildman–Crippen MR) is 84.3 cm³/mol. The van der Waals surface area contributed by atoms with Crippen molar-refractivity contribution in [1.29, 1.82) is 0 Å². The number of ether oxygens (including phenoxy) is 3. The van der Waals surface area contributed by atoms with E-state index < -0.39 is 0 Å². The molecule has 7 nitrogen and oxygen atoms in total. The van der Waals surface area contributed by atoms with Crippen LogP contribution in [0, 0.1) is 5.92 Å². The molecule has 4 aliphatic rings. The number of carbonyl (C=O) groups excluding carboxylic acids is 2. The first-order valence-electron chi connectivity index (χ1n) is 9.01. The minimum Gasteiger partial charge on any atom is -0.374 e. The summed E-state index contributed by atoms with van der Waals surface area (Å²) in [6.45, 7) is 2.85. The molecule has 0 aromatic rings. The van der Waals surface area contributed by atoms with Crippen LogP contribution >= 0.6 is 0 Å². The van der Waals surface area contributed by atoms with Crippen molar-refractivity contribution < 1.29 is 23.8 Å². The van der Waals surface area contributed by atoms with Crippen LogP contribution in [0.4, 0.5) is 0 Å². The Kier molecular flexibility index (Phi) is 4.26. The van der Waals surface area contributed by atoms with Crippen LogP contribution in [0.3, 0.4) is 0 Å². The molecule has 2 N–H and O–H groups in total. The quantitative estimate of drug-likeness (QED) is 0.764. The van der Waals surface area contributed by atoms with Crippen molar-refractivity contribution in [3.05, 3.63) is 0 Å². The zero-order valence-electron chi connectivity index (χ0n) is 14.1. The first-order chi connectivity index (χ1) is 11.6. The molecule has 1 spiro atoms. The third kappa shape index (κ3) is 2.93. The van der Waals surface area contributed by atoms with E-state index in [-0.39, 0.29) is 47.6 Å². The normalized spacial score (nSPS) is 40.0. The van der Waals surface area contributed by atoms with Crippen molar-refractivity contribution in [3.8, 4) is 0 Å². The summed E-state index contributed by atoms with van der Waals surface area (Å²) in [5, 5.41) is 5.93. The van der Waals surface area contributed by atoms with E-state index in [0.29, 0.717) is 19.8 Å². The van der Waals surface area contributed by atoms with E-state index in [1.54, 1.807) is 0 Å². The molecule has 7 heteroatoms. The van der Waals surface area contributed by atoms with Crippen molar-refractivity contribution in [1.82, 2.24) is 10.6 Å². The molecule has 24 heavy (non-hydrogen) atoms. The molecule has 1 unspecified atom stereocenters. The van der Waals surface area contributed by atoms with Crippen LogP contribution < -0.4 is 10.6 Å². The molecular weight excluding hydrogens is 312 g/mol. The van der Waals surface area contributed by atoms with Crippen LogP contribution in [-0.2, 0) is 23.8 Å². The van der Waals surface area contributed by atoms with Gasteiger partial charge in [0, 0.05) is 6.92 Å². The van der Waals surface area contributed by atoms with Crippen molar-refractivity contribution in [2.24, 2.45) is 5.92 Å². The van der Waals surface area contributed by atoms with E-state index >= 15 is 0 Å². The third-order valence-electron chi connectivity index (χ3n) is 5.94. The van der Waals surface area contributed by atoms with Gasteiger partial charge in [0.2, 0.25) is 11.8 Å². The maximum absolute atomic E-state index is 12.5. The number of hydrogen-bond acceptors (Lipinski definition) is 5. The first kappa shape index (κ1) is 16.3. The molecule has 134 valence electrons. The van der Waals surface area contributed by atoms with Crippen molar-refractivity contribution in [3.63, 3.8) is 0 Å². The lowest BCUT2D eigenvalue weighted by molar-refractivity contribution is -0.158. The monoisotopic (exact) mass is 338 g/mol. The van der Waals surface area contributed by atoms with Crippen LogP contribution in [-0.4, -0.2) is 61.5 Å². The summed E-state index contributed by atoms with van der Waals surface area (Å²) in [6, 6.07) is -0.285. The molecule has 2 amide bonds. The largest absolute Gasteiger partial charge is 0.374 e. The Morgan fingerprint density at radius 1 is 0.958 bits per heavy atom. The van der Waals surface area contributed by atoms with Gasteiger partial charge in [0.15, 0.2) is 0 Å². The van der Waals surface area contributed by atoms with Gasteiger partial charge >= 0.3 is 0 Å². The fourth-order valence-corrected chi connectivity index (χ4v) is 4.35. The van der Waals surface area contributed by atoms with E-state index in [1.165, 1.54) is 13.3 Å². The Bertz CT molecular complexity index is 511. The van der Waals surface area contributed by atoms with E-state index in [4.69, 9.17) is 14.2 Å². The number of fused-ring (bicyclic) bond motifs is 1. The molecule has 4 fully saturated rings. The topological polar surface area (TPSA) is 85.9 Å². The van der Waals surface area contributed by atoms with Gasteiger partial charge in [0.05, 0.1) is 43.4 Å². The summed E-state index contributed by atoms with van der Waals surface area (Å²) in [5.41, 5.74) is 0.0818. The molecule has 3 heterocycles. The lowest BCUT2D eigenvalue weighted by atomic mass is 9.73. The summed E-state index contributed by atoms with van der Waals surface area (Å²) in [7, 11) is 0. The van der Waals surface area contributed by atoms with Crippen LogP contribution in [0.2, 0.25) is 0 Å². The minimum absolute atomic E-state index is 0.0324. The maximum atomic E-state index is 12.5. The van der Waals surface area contributed by atoms with E-state index in [2.05, 4.69) is 10.6 Å². The van der Waals surface area contributed by atoms with E-state index in [0.717, 1.165) is 25.7 Å². The number of rotatable bonds is 3. The molecule has 1 aliphatic carbocycles. The molecule has 3 saturated heterocycles. The van der Waals surface area contributed by atoms with Crippen LogP contribution in [0.5, 0.6) is 0 Å². The minimum atomic E-state index is -0.187. The van der Waals surface area contributed by atoms with Crippen molar-refractivity contribution >= 4 is 11.8 Å². The Labute approximate surface area is 141 Å². The number of carbonyl (C=O) groups is 2. The Balaban J connectivity index is 1.28. The van der Waals surface area contributed by atoms with E-state index in [1.807, 2.05) is 0 Å². The molecule has 0 bridgehead atoms. The van der Waals surface area contributed by atoms with Gasteiger partial charge in [-0.3, -0.25) is 9.59 Å². The molecule has 0 radical (unpaired) electrons. The van der Waals surface area contributed by atoms with Gasteiger partial charge in [-0.25, -0.2) is 0 Å². The van der Waals surface area contributed by atoms with Gasteiger partial charge in [0.1, 0.15) is 12.2 Å². The van der Waals surface area contributed by atoms with Crippen LogP contribution in [0.1, 0.15) is 39.0 Å². The summed E-state index contributed by atoms with van der Waals surface area (Å²) in [6.07, 6.45) is 5.03. The van der Waals surface area contributed by atoms with Crippen LogP contribution in [0.25, 0.3) is 0 Å². The van der Waals surface area contributed by atoms with E-state index in [9.17, 15) is 9.59 Å². The highest BCUT2D eigenvalue weighted by atomic mass is 16.6. The molecular formula is C17H26N2O5. The van der Waals surface area contributed by atoms with Gasteiger partial charge in [0.25, 0.3) is 0 Å². The maximum Gasteiger partial charge on any atom is 0.225 e. The lowest BCUT2D eigenvalue weighted by Crippen LogP contribution is -2.51. The fourth-order valence-electron chi connectivity index (χ4n) is 4.35. The molecule has 1 saturated carbocycles. The molecule has 0 aromatic carbocycles. The van der Waals surface area contributed by atoms with Gasteiger partial charge in [-0.2, -0.15) is 0 Å². The number of hydrogen-bond donors (Lipinski definition) is 2. The highest BCUT2D eigenvalue weighted by Gasteiger charge is 2.49.